The molecule has 4 aromatic rings. The molecule has 0 bridgehead atoms. The number of hydrogen-bond donors (Lipinski definition) is 1. The smallest absolute Gasteiger partial charge is 0.375 e. The molecule has 7 nitrogen and oxygen atoms in total. The zero-order valence-electron chi connectivity index (χ0n) is 22.0. The van der Waals surface area contributed by atoms with Crippen LogP contribution in [0.1, 0.15) is 39.0 Å². The van der Waals surface area contributed by atoms with Gasteiger partial charge in [-0.3, -0.25) is 4.98 Å². The van der Waals surface area contributed by atoms with Crippen molar-refractivity contribution in [2.45, 2.75) is 50.6 Å². The number of hydrogen-bond acceptors (Lipinski definition) is 7. The van der Waals surface area contributed by atoms with Crippen LogP contribution in [0.25, 0.3) is 22.4 Å². The molecule has 0 aliphatic heterocycles. The molecule has 0 saturated heterocycles. The number of ether oxygens (including phenoxy) is 1. The van der Waals surface area contributed by atoms with Crippen molar-refractivity contribution in [3.8, 4) is 11.4 Å². The van der Waals surface area contributed by atoms with Crippen LogP contribution >= 0.6 is 0 Å². The summed E-state index contributed by atoms with van der Waals surface area (Å²) in [4.78, 5) is 13.2. The molecule has 0 aliphatic rings. The number of halogens is 3. The third-order valence-corrected chi connectivity index (χ3v) is 8.04. The zero-order valence-corrected chi connectivity index (χ0v) is 22.8. The second kappa shape index (κ2) is 11.3. The third kappa shape index (κ3) is 6.54. The van der Waals surface area contributed by atoms with E-state index in [1.165, 1.54) is 30.5 Å². The minimum Gasteiger partial charge on any atom is -0.375 e. The standard InChI is InChI=1S/C28H29F3N4O3S/c1-17(2)15-38-16-20-14-25(33-19-7-9-21(10-8-19)39(36,37)18(3)4)22-11-12-24(35-27(22)34-20)26-23(28(29,30)31)6-5-13-32-26/h5-14,17-18H,15-16H2,1-4H3,(H,33,34,35). The van der Waals surface area contributed by atoms with Gasteiger partial charge in [0.25, 0.3) is 0 Å². The van der Waals surface area contributed by atoms with Gasteiger partial charge in [0, 0.05) is 23.9 Å². The highest BCUT2D eigenvalue weighted by Gasteiger charge is 2.34. The van der Waals surface area contributed by atoms with Crippen LogP contribution in [0.5, 0.6) is 0 Å². The molecule has 0 amide bonds. The van der Waals surface area contributed by atoms with Crippen LogP contribution in [0.4, 0.5) is 24.5 Å². The quantitative estimate of drug-likeness (QED) is 0.241. The van der Waals surface area contributed by atoms with Gasteiger partial charge in [-0.1, -0.05) is 13.8 Å². The fourth-order valence-corrected chi connectivity index (χ4v) is 4.92. The highest BCUT2D eigenvalue weighted by molar-refractivity contribution is 7.92. The number of alkyl halides is 3. The Kier molecular flexibility index (Phi) is 8.22. The number of nitrogens with zero attached hydrogens (tertiary/aromatic N) is 3. The lowest BCUT2D eigenvalue weighted by Crippen LogP contribution is -2.13. The average Bonchev–Trinajstić information content (AvgIpc) is 2.88. The third-order valence-electron chi connectivity index (χ3n) is 5.87. The summed E-state index contributed by atoms with van der Waals surface area (Å²) in [6, 6.07) is 13.5. The number of aromatic nitrogens is 3. The van der Waals surface area contributed by atoms with E-state index in [0.29, 0.717) is 35.0 Å². The first-order valence-electron chi connectivity index (χ1n) is 12.4. The summed E-state index contributed by atoms with van der Waals surface area (Å²) in [6.07, 6.45) is -3.31. The van der Waals surface area contributed by atoms with E-state index in [9.17, 15) is 21.6 Å². The maximum atomic E-state index is 13.6. The highest BCUT2D eigenvalue weighted by Crippen LogP contribution is 2.36. The lowest BCUT2D eigenvalue weighted by Gasteiger charge is -2.15. The minimum atomic E-state index is -4.60. The van der Waals surface area contributed by atoms with E-state index >= 15 is 0 Å². The summed E-state index contributed by atoms with van der Waals surface area (Å²) in [5.41, 5.74) is 0.836. The SMILES string of the molecule is CC(C)COCc1cc(Nc2ccc(S(=O)(=O)C(C)C)cc2)c2ccc(-c3ncccc3C(F)(F)F)nc2n1. The molecule has 3 heterocycles. The molecular weight excluding hydrogens is 529 g/mol. The van der Waals surface area contributed by atoms with Crippen molar-refractivity contribution in [3.63, 3.8) is 0 Å². The zero-order chi connectivity index (χ0) is 28.4. The fraction of sp³-hybridized carbons (Fsp3) is 0.321. The molecule has 206 valence electrons. The van der Waals surface area contributed by atoms with E-state index in [1.807, 2.05) is 13.8 Å². The maximum Gasteiger partial charge on any atom is 0.418 e. The molecule has 4 rings (SSSR count). The predicted octanol–water partition coefficient (Wildman–Crippen LogP) is 6.81. The lowest BCUT2D eigenvalue weighted by atomic mass is 10.1. The molecule has 0 atom stereocenters. The van der Waals surface area contributed by atoms with Crippen LogP contribution in [0.3, 0.4) is 0 Å². The molecule has 39 heavy (non-hydrogen) atoms. The van der Waals surface area contributed by atoms with Crippen LogP contribution in [0, 0.1) is 5.92 Å². The molecule has 0 radical (unpaired) electrons. The molecule has 11 heteroatoms. The first-order chi connectivity index (χ1) is 18.4. The van der Waals surface area contributed by atoms with Gasteiger partial charge < -0.3 is 10.1 Å². The van der Waals surface area contributed by atoms with E-state index in [4.69, 9.17) is 4.74 Å². The molecule has 1 N–H and O–H groups in total. The molecule has 0 fully saturated rings. The first-order valence-corrected chi connectivity index (χ1v) is 13.9. The van der Waals surface area contributed by atoms with Gasteiger partial charge in [-0.2, -0.15) is 13.2 Å². The summed E-state index contributed by atoms with van der Waals surface area (Å²) >= 11 is 0. The topological polar surface area (TPSA) is 94.1 Å². The molecule has 0 spiro atoms. The van der Waals surface area contributed by atoms with E-state index < -0.39 is 26.8 Å². The second-order valence-corrected chi connectivity index (χ2v) is 12.3. The lowest BCUT2D eigenvalue weighted by molar-refractivity contribution is -0.137. The molecule has 0 saturated carbocycles. The maximum absolute atomic E-state index is 13.6. The van der Waals surface area contributed by atoms with Gasteiger partial charge >= 0.3 is 6.18 Å². The van der Waals surface area contributed by atoms with Crippen molar-refractivity contribution in [2.24, 2.45) is 5.92 Å². The largest absolute Gasteiger partial charge is 0.418 e. The van der Waals surface area contributed by atoms with E-state index in [1.54, 1.807) is 38.1 Å². The van der Waals surface area contributed by atoms with Crippen molar-refractivity contribution in [1.29, 1.82) is 0 Å². The number of pyridine rings is 3. The van der Waals surface area contributed by atoms with Crippen LogP contribution in [-0.4, -0.2) is 35.2 Å². The highest BCUT2D eigenvalue weighted by atomic mass is 32.2. The summed E-state index contributed by atoms with van der Waals surface area (Å²) in [5, 5.41) is 3.28. The summed E-state index contributed by atoms with van der Waals surface area (Å²) < 4.78 is 71.6. The van der Waals surface area contributed by atoms with Crippen molar-refractivity contribution in [1.82, 2.24) is 15.0 Å². The normalized spacial score (nSPS) is 12.4. The van der Waals surface area contributed by atoms with Gasteiger partial charge in [0.05, 0.1) is 39.4 Å². The van der Waals surface area contributed by atoms with Crippen LogP contribution < -0.4 is 5.32 Å². The van der Waals surface area contributed by atoms with Crippen LogP contribution in [0.2, 0.25) is 0 Å². The summed E-state index contributed by atoms with van der Waals surface area (Å²) in [7, 11) is -3.42. The number of rotatable bonds is 9. The first kappa shape index (κ1) is 28.4. The fourth-order valence-electron chi connectivity index (χ4n) is 3.86. The van der Waals surface area contributed by atoms with Gasteiger partial charge in [0.2, 0.25) is 0 Å². The molecule has 1 aromatic carbocycles. The molecule has 3 aromatic heterocycles. The number of sulfone groups is 1. The average molecular weight is 559 g/mol. The second-order valence-electron chi connectivity index (χ2n) is 9.78. The molecule has 0 aliphatic carbocycles. The van der Waals surface area contributed by atoms with Crippen molar-refractivity contribution < 1.29 is 26.3 Å². The van der Waals surface area contributed by atoms with E-state index in [-0.39, 0.29) is 28.5 Å². The number of benzene rings is 1. The van der Waals surface area contributed by atoms with Gasteiger partial charge in [-0.25, -0.2) is 18.4 Å². The Bertz CT molecular complexity index is 1570. The Labute approximate surface area is 225 Å². The van der Waals surface area contributed by atoms with Gasteiger partial charge in [0.1, 0.15) is 5.69 Å². The Morgan fingerprint density at radius 2 is 1.69 bits per heavy atom. The summed E-state index contributed by atoms with van der Waals surface area (Å²) in [6.45, 7) is 7.96. The Hall–Kier alpha value is -3.57. The number of nitrogens with one attached hydrogen (secondary N) is 1. The predicted molar refractivity (Wildman–Crippen MR) is 144 cm³/mol. The van der Waals surface area contributed by atoms with Gasteiger partial charge in [0.15, 0.2) is 15.5 Å². The van der Waals surface area contributed by atoms with Gasteiger partial charge in [-0.05, 0) is 74.4 Å². The van der Waals surface area contributed by atoms with E-state index in [0.717, 1.165) is 6.07 Å². The Morgan fingerprint density at radius 3 is 2.33 bits per heavy atom. The van der Waals surface area contributed by atoms with Crippen molar-refractivity contribution in [2.75, 3.05) is 11.9 Å². The Morgan fingerprint density at radius 1 is 0.974 bits per heavy atom. The minimum absolute atomic E-state index is 0.0392. The van der Waals surface area contributed by atoms with Crippen LogP contribution in [0.15, 0.2) is 65.7 Å². The van der Waals surface area contributed by atoms with Crippen molar-refractivity contribution >= 4 is 32.2 Å². The Balaban J connectivity index is 1.76. The van der Waals surface area contributed by atoms with Gasteiger partial charge in [-0.15, -0.1) is 0 Å². The van der Waals surface area contributed by atoms with Crippen LogP contribution in [-0.2, 0) is 27.4 Å². The monoisotopic (exact) mass is 558 g/mol. The van der Waals surface area contributed by atoms with E-state index in [2.05, 4.69) is 20.3 Å². The molecule has 0 unspecified atom stereocenters. The molecular formula is C28H29F3N4O3S. The van der Waals surface area contributed by atoms with Crippen molar-refractivity contribution in [3.05, 3.63) is 72.1 Å². The summed E-state index contributed by atoms with van der Waals surface area (Å²) in [5.74, 6) is 0.304. The number of fused-ring (bicyclic) bond motifs is 1. The number of anilines is 2.